The third-order valence-electron chi connectivity index (χ3n) is 2.18. The van der Waals surface area contributed by atoms with E-state index in [1.165, 1.54) is 0 Å². The first kappa shape index (κ1) is 13.8. The fourth-order valence-corrected chi connectivity index (χ4v) is 1.43. The topological polar surface area (TPSA) is 61.4 Å². The molecule has 0 aliphatic carbocycles. The summed E-state index contributed by atoms with van der Waals surface area (Å²) in [4.78, 5) is 11.6. The van der Waals surface area contributed by atoms with Crippen molar-refractivity contribution in [3.63, 3.8) is 0 Å². The van der Waals surface area contributed by atoms with Crippen molar-refractivity contribution in [3.8, 4) is 0 Å². The molecule has 0 heterocycles. The molecule has 0 spiro atoms. The predicted molar refractivity (Wildman–Crippen MR) is 69.7 cm³/mol. The standard InChI is InChI=1S/C12H17ClN2O2/c1-2-14-12(17)9-4-3-5-10(6-9)15-8-11(16)7-13/h3-6,11,15-16H,2,7-8H2,1H3,(H,14,17). The summed E-state index contributed by atoms with van der Waals surface area (Å²) in [5, 5.41) is 15.1. The molecule has 17 heavy (non-hydrogen) atoms. The molecule has 5 heteroatoms. The van der Waals surface area contributed by atoms with Gasteiger partial charge in [-0.1, -0.05) is 6.07 Å². The van der Waals surface area contributed by atoms with Gasteiger partial charge in [-0.05, 0) is 25.1 Å². The summed E-state index contributed by atoms with van der Waals surface area (Å²) in [5.41, 5.74) is 1.38. The number of aliphatic hydroxyl groups is 1. The zero-order chi connectivity index (χ0) is 12.7. The Morgan fingerprint density at radius 2 is 2.29 bits per heavy atom. The number of aliphatic hydroxyl groups excluding tert-OH is 1. The molecule has 0 saturated heterocycles. The number of benzene rings is 1. The molecule has 0 bridgehead atoms. The average molecular weight is 257 g/mol. The Kier molecular flexibility index (Phi) is 5.80. The number of carbonyl (C=O) groups is 1. The second-order valence-corrected chi connectivity index (χ2v) is 3.94. The number of anilines is 1. The maximum absolute atomic E-state index is 11.6. The van der Waals surface area contributed by atoms with Gasteiger partial charge in [-0.3, -0.25) is 4.79 Å². The number of alkyl halides is 1. The molecule has 4 nitrogen and oxygen atoms in total. The van der Waals surface area contributed by atoms with Crippen molar-refractivity contribution in [3.05, 3.63) is 29.8 Å². The first-order valence-corrected chi connectivity index (χ1v) is 6.07. The van der Waals surface area contributed by atoms with Crippen LogP contribution in [0.2, 0.25) is 0 Å². The number of nitrogens with one attached hydrogen (secondary N) is 2. The summed E-state index contributed by atoms with van der Waals surface area (Å²) >= 11 is 5.49. The largest absolute Gasteiger partial charge is 0.390 e. The third kappa shape index (κ3) is 4.63. The van der Waals surface area contributed by atoms with Gasteiger partial charge < -0.3 is 15.7 Å². The van der Waals surface area contributed by atoms with Gasteiger partial charge in [0.15, 0.2) is 0 Å². The quantitative estimate of drug-likeness (QED) is 0.675. The van der Waals surface area contributed by atoms with Crippen LogP contribution in [0.25, 0.3) is 0 Å². The SMILES string of the molecule is CCNC(=O)c1cccc(NCC(O)CCl)c1. The second kappa shape index (κ2) is 7.14. The van der Waals surface area contributed by atoms with Gasteiger partial charge in [-0.25, -0.2) is 0 Å². The Hall–Kier alpha value is -1.26. The van der Waals surface area contributed by atoms with E-state index in [1.54, 1.807) is 18.2 Å². The predicted octanol–water partition coefficient (Wildman–Crippen LogP) is 1.45. The van der Waals surface area contributed by atoms with Crippen LogP contribution in [0.3, 0.4) is 0 Å². The van der Waals surface area contributed by atoms with Crippen LogP contribution >= 0.6 is 11.6 Å². The minimum Gasteiger partial charge on any atom is -0.390 e. The van der Waals surface area contributed by atoms with E-state index < -0.39 is 6.10 Å². The van der Waals surface area contributed by atoms with Crippen molar-refractivity contribution in [1.29, 1.82) is 0 Å². The molecule has 1 unspecified atom stereocenters. The van der Waals surface area contributed by atoms with Crippen LogP contribution in [0.1, 0.15) is 17.3 Å². The summed E-state index contributed by atoms with van der Waals surface area (Å²) in [7, 11) is 0. The van der Waals surface area contributed by atoms with Crippen LogP contribution in [-0.2, 0) is 0 Å². The van der Waals surface area contributed by atoms with Gasteiger partial charge in [-0.15, -0.1) is 11.6 Å². The van der Waals surface area contributed by atoms with Gasteiger partial charge in [0.05, 0.1) is 12.0 Å². The van der Waals surface area contributed by atoms with E-state index in [0.717, 1.165) is 5.69 Å². The third-order valence-corrected chi connectivity index (χ3v) is 2.54. The lowest BCUT2D eigenvalue weighted by molar-refractivity contribution is 0.0956. The molecule has 3 N–H and O–H groups in total. The van der Waals surface area contributed by atoms with Crippen LogP contribution < -0.4 is 10.6 Å². The van der Waals surface area contributed by atoms with Crippen LogP contribution in [-0.4, -0.2) is 36.1 Å². The summed E-state index contributed by atoms with van der Waals surface area (Å²) in [5.74, 6) is 0.0808. The lowest BCUT2D eigenvalue weighted by Crippen LogP contribution is -2.23. The fraction of sp³-hybridized carbons (Fsp3) is 0.417. The minimum absolute atomic E-state index is 0.103. The average Bonchev–Trinajstić information content (AvgIpc) is 2.36. The molecule has 1 aromatic carbocycles. The molecular formula is C12H17ClN2O2. The number of halogens is 1. The lowest BCUT2D eigenvalue weighted by Gasteiger charge is -2.11. The zero-order valence-corrected chi connectivity index (χ0v) is 10.5. The summed E-state index contributed by atoms with van der Waals surface area (Å²) in [6.45, 7) is 2.83. The summed E-state index contributed by atoms with van der Waals surface area (Å²) in [6, 6.07) is 7.11. The van der Waals surface area contributed by atoms with Crippen molar-refractivity contribution >= 4 is 23.2 Å². The molecule has 0 aromatic heterocycles. The first-order valence-electron chi connectivity index (χ1n) is 5.53. The minimum atomic E-state index is -0.593. The van der Waals surface area contributed by atoms with E-state index in [-0.39, 0.29) is 11.8 Å². The molecule has 1 atom stereocenters. The van der Waals surface area contributed by atoms with Crippen molar-refractivity contribution < 1.29 is 9.90 Å². The number of hydrogen-bond donors (Lipinski definition) is 3. The summed E-state index contributed by atoms with van der Waals surface area (Å²) in [6.07, 6.45) is -0.593. The van der Waals surface area contributed by atoms with E-state index in [9.17, 15) is 9.90 Å². The van der Waals surface area contributed by atoms with E-state index >= 15 is 0 Å². The smallest absolute Gasteiger partial charge is 0.251 e. The Bertz CT molecular complexity index is 371. The highest BCUT2D eigenvalue weighted by Gasteiger charge is 2.05. The van der Waals surface area contributed by atoms with Gasteiger partial charge in [0.25, 0.3) is 5.91 Å². The zero-order valence-electron chi connectivity index (χ0n) is 9.74. The Balaban J connectivity index is 2.62. The highest BCUT2D eigenvalue weighted by Crippen LogP contribution is 2.10. The molecule has 1 aromatic rings. The van der Waals surface area contributed by atoms with Crippen LogP contribution in [0.5, 0.6) is 0 Å². The van der Waals surface area contributed by atoms with Crippen molar-refractivity contribution in [2.45, 2.75) is 13.0 Å². The number of hydrogen-bond acceptors (Lipinski definition) is 3. The molecule has 0 radical (unpaired) electrons. The Labute approximate surface area is 106 Å². The van der Waals surface area contributed by atoms with Gasteiger partial charge >= 0.3 is 0 Å². The van der Waals surface area contributed by atoms with Gasteiger partial charge in [0, 0.05) is 24.3 Å². The summed E-state index contributed by atoms with van der Waals surface area (Å²) < 4.78 is 0. The number of carbonyl (C=O) groups excluding carboxylic acids is 1. The fourth-order valence-electron chi connectivity index (χ4n) is 1.32. The van der Waals surface area contributed by atoms with Crippen molar-refractivity contribution in [1.82, 2.24) is 5.32 Å². The maximum atomic E-state index is 11.6. The number of amides is 1. The second-order valence-electron chi connectivity index (χ2n) is 3.63. The van der Waals surface area contributed by atoms with E-state index in [1.807, 2.05) is 13.0 Å². The first-order chi connectivity index (χ1) is 8.17. The number of rotatable bonds is 6. The molecule has 0 saturated carbocycles. The maximum Gasteiger partial charge on any atom is 0.251 e. The van der Waals surface area contributed by atoms with Gasteiger partial charge in [0.1, 0.15) is 0 Å². The molecular weight excluding hydrogens is 240 g/mol. The van der Waals surface area contributed by atoms with Gasteiger partial charge in [-0.2, -0.15) is 0 Å². The molecule has 94 valence electrons. The molecule has 0 aliphatic heterocycles. The van der Waals surface area contributed by atoms with E-state index in [0.29, 0.717) is 18.7 Å². The monoisotopic (exact) mass is 256 g/mol. The van der Waals surface area contributed by atoms with Crippen molar-refractivity contribution in [2.24, 2.45) is 0 Å². The van der Waals surface area contributed by atoms with Crippen LogP contribution in [0, 0.1) is 0 Å². The highest BCUT2D eigenvalue weighted by molar-refractivity contribution is 6.18. The molecule has 1 amide bonds. The molecule has 0 fully saturated rings. The molecule has 1 rings (SSSR count). The van der Waals surface area contributed by atoms with Crippen LogP contribution in [0.15, 0.2) is 24.3 Å². The highest BCUT2D eigenvalue weighted by atomic mass is 35.5. The van der Waals surface area contributed by atoms with E-state index in [2.05, 4.69) is 10.6 Å². The van der Waals surface area contributed by atoms with E-state index in [4.69, 9.17) is 11.6 Å². The van der Waals surface area contributed by atoms with Crippen LogP contribution in [0.4, 0.5) is 5.69 Å². The Morgan fingerprint density at radius 1 is 1.53 bits per heavy atom. The van der Waals surface area contributed by atoms with Gasteiger partial charge in [0.2, 0.25) is 0 Å². The van der Waals surface area contributed by atoms with Crippen molar-refractivity contribution in [2.75, 3.05) is 24.3 Å². The lowest BCUT2D eigenvalue weighted by atomic mass is 10.2. The normalized spacial score (nSPS) is 11.9. The molecule has 0 aliphatic rings. The Morgan fingerprint density at radius 3 is 2.94 bits per heavy atom.